The largest absolute Gasteiger partial charge is 0.477 e. The highest BCUT2D eigenvalue weighted by Gasteiger charge is 2.14. The van der Waals surface area contributed by atoms with Crippen LogP contribution < -0.4 is 10.6 Å². The van der Waals surface area contributed by atoms with Gasteiger partial charge in [0.25, 0.3) is 0 Å². The molecule has 0 aromatic carbocycles. The average molecular weight is 271 g/mol. The smallest absolute Gasteiger partial charge is 0.347 e. The fourth-order valence-corrected chi connectivity index (χ4v) is 2.18. The number of hydrogen-bond acceptors (Lipinski definition) is 5. The van der Waals surface area contributed by atoms with E-state index < -0.39 is 5.97 Å². The Labute approximate surface area is 109 Å². The number of hydrogen-bond donors (Lipinski definition) is 3. The van der Waals surface area contributed by atoms with Gasteiger partial charge in [0.15, 0.2) is 0 Å². The van der Waals surface area contributed by atoms with Crippen molar-refractivity contribution in [2.24, 2.45) is 0 Å². The summed E-state index contributed by atoms with van der Waals surface area (Å²) in [5, 5.41) is 15.2. The maximum Gasteiger partial charge on any atom is 0.347 e. The summed E-state index contributed by atoms with van der Waals surface area (Å²) in [6, 6.07) is 0. The monoisotopic (exact) mass is 271 g/mol. The lowest BCUT2D eigenvalue weighted by Gasteiger charge is -2.03. The van der Waals surface area contributed by atoms with Gasteiger partial charge in [-0.15, -0.1) is 11.3 Å². The van der Waals surface area contributed by atoms with E-state index in [1.54, 1.807) is 6.92 Å². The Morgan fingerprint density at radius 3 is 2.72 bits per heavy atom. The number of carboxylic acids is 1. The topological polar surface area (TPSA) is 91.3 Å². The van der Waals surface area contributed by atoms with Gasteiger partial charge in [0.05, 0.1) is 18.8 Å². The second kappa shape index (κ2) is 7.07. The number of rotatable bonds is 7. The van der Waals surface area contributed by atoms with Crippen LogP contribution in [-0.2, 0) is 11.3 Å². The summed E-state index contributed by atoms with van der Waals surface area (Å²) in [6.45, 7) is 5.01. The fourth-order valence-electron chi connectivity index (χ4n) is 1.34. The standard InChI is InChI=1S/C11H17N3O3S/c1-3-4-12-5-8(15)13-6-9-14-7(2)10(18-9)11(16)17/h12H,3-6H2,1-2H3,(H,13,15)(H,16,17). The van der Waals surface area contributed by atoms with Gasteiger partial charge in [0.2, 0.25) is 5.91 Å². The Kier molecular flexibility index (Phi) is 5.73. The molecule has 0 atom stereocenters. The lowest BCUT2D eigenvalue weighted by atomic mass is 10.4. The van der Waals surface area contributed by atoms with Crippen molar-refractivity contribution in [3.8, 4) is 0 Å². The highest BCUT2D eigenvalue weighted by molar-refractivity contribution is 7.13. The number of amides is 1. The van der Waals surface area contributed by atoms with Crippen LogP contribution >= 0.6 is 11.3 Å². The number of nitrogens with zero attached hydrogens (tertiary/aromatic N) is 1. The Morgan fingerprint density at radius 1 is 1.44 bits per heavy atom. The van der Waals surface area contributed by atoms with E-state index in [1.165, 1.54) is 0 Å². The molecule has 1 amide bonds. The normalized spacial score (nSPS) is 10.3. The third-order valence-corrected chi connectivity index (χ3v) is 3.33. The molecule has 100 valence electrons. The minimum atomic E-state index is -0.979. The summed E-state index contributed by atoms with van der Waals surface area (Å²) in [4.78, 5) is 26.6. The zero-order valence-corrected chi connectivity index (χ0v) is 11.3. The van der Waals surface area contributed by atoms with Crippen LogP contribution in [0.5, 0.6) is 0 Å². The second-order valence-electron chi connectivity index (χ2n) is 3.78. The molecule has 6 nitrogen and oxygen atoms in total. The molecule has 0 unspecified atom stereocenters. The molecule has 0 spiro atoms. The van der Waals surface area contributed by atoms with Gasteiger partial charge in [0.1, 0.15) is 9.88 Å². The van der Waals surface area contributed by atoms with Gasteiger partial charge in [-0.25, -0.2) is 9.78 Å². The van der Waals surface area contributed by atoms with Crippen molar-refractivity contribution in [1.29, 1.82) is 0 Å². The number of thiazole rings is 1. The van der Waals surface area contributed by atoms with Crippen LogP contribution in [0.2, 0.25) is 0 Å². The Hall–Kier alpha value is -1.47. The lowest BCUT2D eigenvalue weighted by Crippen LogP contribution is -2.33. The van der Waals surface area contributed by atoms with Gasteiger partial charge < -0.3 is 15.7 Å². The van der Waals surface area contributed by atoms with Gasteiger partial charge in [-0.3, -0.25) is 4.79 Å². The summed E-state index contributed by atoms with van der Waals surface area (Å²) in [5.74, 6) is -1.10. The number of aromatic carboxylic acids is 1. The molecule has 0 aliphatic rings. The Bertz CT molecular complexity index is 431. The zero-order chi connectivity index (χ0) is 13.5. The van der Waals surface area contributed by atoms with Crippen molar-refractivity contribution in [2.75, 3.05) is 13.1 Å². The first-order valence-corrected chi connectivity index (χ1v) is 6.53. The summed E-state index contributed by atoms with van der Waals surface area (Å²) in [6.07, 6.45) is 0.973. The van der Waals surface area contributed by atoms with E-state index in [9.17, 15) is 9.59 Å². The molecule has 18 heavy (non-hydrogen) atoms. The SMILES string of the molecule is CCCNCC(=O)NCc1nc(C)c(C(=O)O)s1. The average Bonchev–Trinajstić information content (AvgIpc) is 2.68. The number of nitrogens with one attached hydrogen (secondary N) is 2. The molecular formula is C11H17N3O3S. The molecule has 0 aliphatic carbocycles. The van der Waals surface area contributed by atoms with Crippen LogP contribution in [0.25, 0.3) is 0 Å². The molecule has 0 saturated carbocycles. The summed E-state index contributed by atoms with van der Waals surface area (Å²) < 4.78 is 0. The van der Waals surface area contributed by atoms with E-state index >= 15 is 0 Å². The number of carbonyl (C=O) groups excluding carboxylic acids is 1. The maximum atomic E-state index is 11.4. The van der Waals surface area contributed by atoms with Crippen molar-refractivity contribution in [3.05, 3.63) is 15.6 Å². The van der Waals surface area contributed by atoms with Crippen LogP contribution in [0.4, 0.5) is 0 Å². The summed E-state index contributed by atoms with van der Waals surface area (Å²) >= 11 is 1.09. The number of carbonyl (C=O) groups is 2. The lowest BCUT2D eigenvalue weighted by molar-refractivity contribution is -0.120. The predicted octanol–water partition coefficient (Wildman–Crippen LogP) is 0.766. The molecule has 0 aliphatic heterocycles. The van der Waals surface area contributed by atoms with E-state index in [4.69, 9.17) is 5.11 Å². The molecule has 1 aromatic rings. The molecule has 1 rings (SSSR count). The van der Waals surface area contributed by atoms with Crippen molar-refractivity contribution >= 4 is 23.2 Å². The Balaban J connectivity index is 2.41. The minimum absolute atomic E-state index is 0.117. The predicted molar refractivity (Wildman–Crippen MR) is 68.8 cm³/mol. The van der Waals surface area contributed by atoms with E-state index in [-0.39, 0.29) is 23.9 Å². The zero-order valence-electron chi connectivity index (χ0n) is 10.4. The van der Waals surface area contributed by atoms with Gasteiger partial charge in [-0.05, 0) is 19.9 Å². The first-order chi connectivity index (χ1) is 8.54. The Morgan fingerprint density at radius 2 is 2.17 bits per heavy atom. The van der Waals surface area contributed by atoms with Crippen molar-refractivity contribution in [2.45, 2.75) is 26.8 Å². The van der Waals surface area contributed by atoms with Crippen LogP contribution in [-0.4, -0.2) is 35.1 Å². The highest BCUT2D eigenvalue weighted by Crippen LogP contribution is 2.17. The van der Waals surface area contributed by atoms with Gasteiger partial charge in [0, 0.05) is 0 Å². The third-order valence-electron chi connectivity index (χ3n) is 2.18. The van der Waals surface area contributed by atoms with Crippen LogP contribution in [0.1, 0.15) is 33.7 Å². The number of carboxylic acid groups (broad SMARTS) is 1. The maximum absolute atomic E-state index is 11.4. The van der Waals surface area contributed by atoms with E-state index in [1.807, 2.05) is 6.92 Å². The van der Waals surface area contributed by atoms with Gasteiger partial charge in [-0.1, -0.05) is 6.92 Å². The first-order valence-electron chi connectivity index (χ1n) is 5.71. The molecule has 7 heteroatoms. The molecule has 1 heterocycles. The van der Waals surface area contributed by atoms with Crippen LogP contribution in [0, 0.1) is 6.92 Å². The molecule has 0 fully saturated rings. The number of aryl methyl sites for hydroxylation is 1. The van der Waals surface area contributed by atoms with E-state index in [0.717, 1.165) is 24.3 Å². The molecular weight excluding hydrogens is 254 g/mol. The van der Waals surface area contributed by atoms with Crippen LogP contribution in [0.15, 0.2) is 0 Å². The molecule has 3 N–H and O–H groups in total. The van der Waals surface area contributed by atoms with Crippen molar-refractivity contribution in [3.63, 3.8) is 0 Å². The molecule has 0 saturated heterocycles. The van der Waals surface area contributed by atoms with Crippen molar-refractivity contribution in [1.82, 2.24) is 15.6 Å². The first kappa shape index (κ1) is 14.6. The summed E-state index contributed by atoms with van der Waals surface area (Å²) in [5.41, 5.74) is 0.487. The van der Waals surface area contributed by atoms with E-state index in [2.05, 4.69) is 15.6 Å². The molecule has 0 bridgehead atoms. The van der Waals surface area contributed by atoms with E-state index in [0.29, 0.717) is 10.7 Å². The van der Waals surface area contributed by atoms with Gasteiger partial charge in [-0.2, -0.15) is 0 Å². The quantitative estimate of drug-likeness (QED) is 0.637. The van der Waals surface area contributed by atoms with Crippen LogP contribution in [0.3, 0.4) is 0 Å². The third kappa shape index (κ3) is 4.42. The van der Waals surface area contributed by atoms with Gasteiger partial charge >= 0.3 is 5.97 Å². The summed E-state index contributed by atoms with van der Waals surface area (Å²) in [7, 11) is 0. The second-order valence-corrected chi connectivity index (χ2v) is 4.86. The van der Waals surface area contributed by atoms with Crippen molar-refractivity contribution < 1.29 is 14.7 Å². The highest BCUT2D eigenvalue weighted by atomic mass is 32.1. The molecule has 0 radical (unpaired) electrons. The minimum Gasteiger partial charge on any atom is -0.477 e. The fraction of sp³-hybridized carbons (Fsp3) is 0.545. The number of aromatic nitrogens is 1. The molecule has 1 aromatic heterocycles.